The van der Waals surface area contributed by atoms with E-state index in [9.17, 15) is 5.11 Å². The lowest BCUT2D eigenvalue weighted by Crippen LogP contribution is -2.48. The van der Waals surface area contributed by atoms with Crippen LogP contribution in [0.1, 0.15) is 52.4 Å². The lowest BCUT2D eigenvalue weighted by atomic mass is 9.91. The maximum absolute atomic E-state index is 10.4. The molecular weight excluding hydrogens is 186 g/mol. The molecule has 0 amide bonds. The van der Waals surface area contributed by atoms with Crippen molar-refractivity contribution < 1.29 is 5.11 Å². The zero-order chi connectivity index (χ0) is 10.9. The zero-order valence-electron chi connectivity index (χ0n) is 10.2. The van der Waals surface area contributed by atoms with Gasteiger partial charge >= 0.3 is 0 Å². The molecule has 0 aromatic carbocycles. The Labute approximate surface area is 93.7 Å². The average molecular weight is 211 g/mol. The third kappa shape index (κ3) is 2.73. The van der Waals surface area contributed by atoms with Crippen molar-refractivity contribution in [1.82, 2.24) is 4.90 Å². The molecule has 0 radical (unpaired) electrons. The van der Waals surface area contributed by atoms with Gasteiger partial charge in [-0.1, -0.05) is 19.8 Å². The maximum Gasteiger partial charge on any atom is 0.0774 e. The number of hydrogen-bond acceptors (Lipinski definition) is 2. The molecule has 0 aromatic heterocycles. The second kappa shape index (κ2) is 4.42. The highest BCUT2D eigenvalue weighted by atomic mass is 16.3. The van der Waals surface area contributed by atoms with Crippen molar-refractivity contribution >= 4 is 0 Å². The molecule has 2 heteroatoms. The molecule has 2 nitrogen and oxygen atoms in total. The fourth-order valence-corrected chi connectivity index (χ4v) is 3.26. The fraction of sp³-hybridized carbons (Fsp3) is 1.00. The Balaban J connectivity index is 1.88. The molecule has 2 fully saturated rings. The Hall–Kier alpha value is -0.0800. The van der Waals surface area contributed by atoms with Crippen LogP contribution in [-0.4, -0.2) is 34.7 Å². The van der Waals surface area contributed by atoms with Crippen LogP contribution in [-0.2, 0) is 0 Å². The summed E-state index contributed by atoms with van der Waals surface area (Å²) in [6.07, 6.45) is 7.08. The van der Waals surface area contributed by atoms with E-state index in [-0.39, 0.29) is 5.60 Å². The van der Waals surface area contributed by atoms with Gasteiger partial charge in [0, 0.05) is 12.6 Å². The van der Waals surface area contributed by atoms with Gasteiger partial charge in [0.05, 0.1) is 5.60 Å². The molecule has 15 heavy (non-hydrogen) atoms. The van der Waals surface area contributed by atoms with Gasteiger partial charge in [-0.2, -0.15) is 0 Å². The van der Waals surface area contributed by atoms with Crippen molar-refractivity contribution in [1.29, 1.82) is 0 Å². The van der Waals surface area contributed by atoms with Crippen LogP contribution in [0.15, 0.2) is 0 Å². The lowest BCUT2D eigenvalue weighted by molar-refractivity contribution is -0.0145. The molecule has 1 N–H and O–H groups in total. The second-order valence-corrected chi connectivity index (χ2v) is 5.88. The van der Waals surface area contributed by atoms with Gasteiger partial charge in [-0.05, 0) is 45.1 Å². The summed E-state index contributed by atoms with van der Waals surface area (Å²) in [6, 6.07) is 0.665. The number of β-amino-alcohol motifs (C(OH)–C–C–N with tert-alkyl or cyclic N) is 1. The predicted octanol–water partition coefficient (Wildman–Crippen LogP) is 2.41. The van der Waals surface area contributed by atoms with E-state index in [4.69, 9.17) is 0 Å². The summed E-state index contributed by atoms with van der Waals surface area (Å²) in [4.78, 5) is 2.51. The molecular formula is C13H25NO. The Bertz CT molecular complexity index is 211. The summed E-state index contributed by atoms with van der Waals surface area (Å²) in [5.41, 5.74) is -0.352. The Morgan fingerprint density at radius 2 is 1.93 bits per heavy atom. The van der Waals surface area contributed by atoms with E-state index >= 15 is 0 Å². The van der Waals surface area contributed by atoms with E-state index in [2.05, 4.69) is 18.7 Å². The monoisotopic (exact) mass is 211 g/mol. The average Bonchev–Trinajstić information content (AvgIpc) is 2.58. The summed E-state index contributed by atoms with van der Waals surface area (Å²) >= 11 is 0. The molecule has 2 rings (SSSR count). The summed E-state index contributed by atoms with van der Waals surface area (Å²) in [5.74, 6) is 0.870. The van der Waals surface area contributed by atoms with Crippen molar-refractivity contribution in [3.63, 3.8) is 0 Å². The van der Waals surface area contributed by atoms with Crippen LogP contribution >= 0.6 is 0 Å². The molecule has 1 aliphatic heterocycles. The summed E-state index contributed by atoms with van der Waals surface area (Å²) in [6.45, 7) is 6.76. The van der Waals surface area contributed by atoms with Crippen molar-refractivity contribution in [2.45, 2.75) is 64.0 Å². The highest BCUT2D eigenvalue weighted by molar-refractivity contribution is 4.90. The molecule has 1 saturated carbocycles. The van der Waals surface area contributed by atoms with Crippen molar-refractivity contribution in [3.8, 4) is 0 Å². The van der Waals surface area contributed by atoms with Crippen molar-refractivity contribution in [2.75, 3.05) is 13.1 Å². The number of likely N-dealkylation sites (tertiary alicyclic amines) is 1. The predicted molar refractivity (Wildman–Crippen MR) is 62.9 cm³/mol. The first kappa shape index (κ1) is 11.4. The van der Waals surface area contributed by atoms with Crippen LogP contribution in [0.3, 0.4) is 0 Å². The SMILES string of the molecule is CC1CCN(CC2(O)CCCC2)C(C)C1. The molecule has 2 aliphatic rings. The number of nitrogens with zero attached hydrogens (tertiary/aromatic N) is 1. The molecule has 2 unspecified atom stereocenters. The van der Waals surface area contributed by atoms with Crippen molar-refractivity contribution in [2.24, 2.45) is 5.92 Å². The summed E-state index contributed by atoms with van der Waals surface area (Å²) in [7, 11) is 0. The van der Waals surface area contributed by atoms with E-state index in [1.165, 1.54) is 32.2 Å². The van der Waals surface area contributed by atoms with Gasteiger partial charge in [-0.15, -0.1) is 0 Å². The first-order chi connectivity index (χ1) is 7.09. The fourth-order valence-electron chi connectivity index (χ4n) is 3.26. The minimum absolute atomic E-state index is 0.352. The first-order valence-corrected chi connectivity index (χ1v) is 6.55. The number of piperidine rings is 1. The van der Waals surface area contributed by atoms with Crippen LogP contribution in [0.25, 0.3) is 0 Å². The third-order valence-electron chi connectivity index (χ3n) is 4.31. The molecule has 88 valence electrons. The molecule has 1 saturated heterocycles. The van der Waals surface area contributed by atoms with Crippen LogP contribution < -0.4 is 0 Å². The van der Waals surface area contributed by atoms with Gasteiger partial charge in [-0.3, -0.25) is 4.90 Å². The number of rotatable bonds is 2. The second-order valence-electron chi connectivity index (χ2n) is 5.88. The van der Waals surface area contributed by atoms with Crippen LogP contribution in [0.2, 0.25) is 0 Å². The molecule has 2 atom stereocenters. The maximum atomic E-state index is 10.4. The van der Waals surface area contributed by atoms with E-state index in [1.807, 2.05) is 0 Å². The van der Waals surface area contributed by atoms with E-state index in [0.29, 0.717) is 6.04 Å². The summed E-state index contributed by atoms with van der Waals surface area (Å²) < 4.78 is 0. The Kier molecular flexibility index (Phi) is 3.36. The van der Waals surface area contributed by atoms with Gasteiger partial charge in [0.2, 0.25) is 0 Å². The van der Waals surface area contributed by atoms with Gasteiger partial charge in [0.15, 0.2) is 0 Å². The van der Waals surface area contributed by atoms with E-state index in [1.54, 1.807) is 0 Å². The standard InChI is InChI=1S/C13H25NO/c1-11-5-8-14(12(2)9-11)10-13(15)6-3-4-7-13/h11-12,15H,3-10H2,1-2H3. The normalized spacial score (nSPS) is 37.0. The van der Waals surface area contributed by atoms with Gasteiger partial charge in [0.25, 0.3) is 0 Å². The molecule has 1 aliphatic carbocycles. The number of aliphatic hydroxyl groups is 1. The minimum Gasteiger partial charge on any atom is -0.389 e. The minimum atomic E-state index is -0.352. The van der Waals surface area contributed by atoms with Crippen LogP contribution in [0.4, 0.5) is 0 Å². The Morgan fingerprint density at radius 3 is 2.53 bits per heavy atom. The first-order valence-electron chi connectivity index (χ1n) is 6.55. The van der Waals surface area contributed by atoms with Gasteiger partial charge < -0.3 is 5.11 Å². The van der Waals surface area contributed by atoms with Gasteiger partial charge in [0.1, 0.15) is 0 Å². The number of hydrogen-bond donors (Lipinski definition) is 1. The molecule has 0 aromatic rings. The van der Waals surface area contributed by atoms with E-state index in [0.717, 1.165) is 25.3 Å². The van der Waals surface area contributed by atoms with Gasteiger partial charge in [-0.25, -0.2) is 0 Å². The topological polar surface area (TPSA) is 23.5 Å². The molecule has 1 heterocycles. The highest BCUT2D eigenvalue weighted by Gasteiger charge is 2.35. The highest BCUT2D eigenvalue weighted by Crippen LogP contribution is 2.32. The smallest absolute Gasteiger partial charge is 0.0774 e. The quantitative estimate of drug-likeness (QED) is 0.758. The third-order valence-corrected chi connectivity index (χ3v) is 4.31. The summed E-state index contributed by atoms with van der Waals surface area (Å²) in [5, 5.41) is 10.4. The lowest BCUT2D eigenvalue weighted by Gasteiger charge is -2.40. The Morgan fingerprint density at radius 1 is 1.27 bits per heavy atom. The van der Waals surface area contributed by atoms with E-state index < -0.39 is 0 Å². The molecule has 0 spiro atoms. The van der Waals surface area contributed by atoms with Crippen LogP contribution in [0, 0.1) is 5.92 Å². The largest absolute Gasteiger partial charge is 0.389 e. The molecule has 0 bridgehead atoms. The van der Waals surface area contributed by atoms with Crippen LogP contribution in [0.5, 0.6) is 0 Å². The zero-order valence-corrected chi connectivity index (χ0v) is 10.2. The van der Waals surface area contributed by atoms with Crippen molar-refractivity contribution in [3.05, 3.63) is 0 Å².